The van der Waals surface area contributed by atoms with Crippen LogP contribution in [0, 0.1) is 11.3 Å². The summed E-state index contributed by atoms with van der Waals surface area (Å²) in [6.07, 6.45) is 6.86. The van der Waals surface area contributed by atoms with Crippen molar-refractivity contribution in [3.8, 4) is 0 Å². The van der Waals surface area contributed by atoms with Gasteiger partial charge in [-0.25, -0.2) is 0 Å². The standard InChI is InChI=1S/C19H22N2O3/c22-18(17-7-4-10-24-17)21-11-15-5-3-8-19(15,13-21)14-23-12-16-6-1-2-9-20-16/h1-2,4,6-7,9-10,15H,3,5,8,11-14H2/t15-,19+/m0/s1. The van der Waals surface area contributed by atoms with Gasteiger partial charge in [0.25, 0.3) is 5.91 Å². The second-order valence-corrected chi connectivity index (χ2v) is 6.93. The zero-order chi connectivity index (χ0) is 16.4. The molecule has 126 valence electrons. The third-order valence-corrected chi connectivity index (χ3v) is 5.42. The second kappa shape index (κ2) is 6.40. The fourth-order valence-corrected chi connectivity index (χ4v) is 4.20. The van der Waals surface area contributed by atoms with Gasteiger partial charge in [0, 0.05) is 24.7 Å². The van der Waals surface area contributed by atoms with Crippen molar-refractivity contribution in [2.24, 2.45) is 11.3 Å². The van der Waals surface area contributed by atoms with Gasteiger partial charge in [-0.05, 0) is 43.0 Å². The Morgan fingerprint density at radius 3 is 3.12 bits per heavy atom. The molecule has 3 heterocycles. The number of nitrogens with zero attached hydrogens (tertiary/aromatic N) is 2. The van der Waals surface area contributed by atoms with Gasteiger partial charge in [-0.2, -0.15) is 0 Å². The fraction of sp³-hybridized carbons (Fsp3) is 0.474. The lowest BCUT2D eigenvalue weighted by Gasteiger charge is -2.28. The molecule has 2 fully saturated rings. The highest BCUT2D eigenvalue weighted by molar-refractivity contribution is 5.91. The lowest BCUT2D eigenvalue weighted by atomic mass is 9.81. The smallest absolute Gasteiger partial charge is 0.289 e. The van der Waals surface area contributed by atoms with Crippen LogP contribution in [0.1, 0.15) is 35.5 Å². The molecule has 0 radical (unpaired) electrons. The quantitative estimate of drug-likeness (QED) is 0.847. The van der Waals surface area contributed by atoms with Crippen molar-refractivity contribution >= 4 is 5.91 Å². The minimum absolute atomic E-state index is 0.00139. The Bertz CT molecular complexity index is 686. The molecule has 2 aromatic rings. The molecule has 5 nitrogen and oxygen atoms in total. The van der Waals surface area contributed by atoms with E-state index in [1.165, 1.54) is 12.8 Å². The van der Waals surface area contributed by atoms with Gasteiger partial charge in [-0.1, -0.05) is 12.5 Å². The van der Waals surface area contributed by atoms with Crippen LogP contribution in [0.25, 0.3) is 0 Å². The van der Waals surface area contributed by atoms with Crippen LogP contribution in [0.15, 0.2) is 47.2 Å². The molecule has 1 aliphatic carbocycles. The second-order valence-electron chi connectivity index (χ2n) is 6.93. The number of furan rings is 1. The minimum atomic E-state index is -0.00139. The van der Waals surface area contributed by atoms with E-state index in [4.69, 9.17) is 9.15 Å². The highest BCUT2D eigenvalue weighted by Gasteiger charge is 2.51. The molecule has 0 unspecified atom stereocenters. The summed E-state index contributed by atoms with van der Waals surface area (Å²) in [4.78, 5) is 18.8. The zero-order valence-corrected chi connectivity index (χ0v) is 13.7. The van der Waals surface area contributed by atoms with Gasteiger partial charge in [0.05, 0.1) is 25.2 Å². The van der Waals surface area contributed by atoms with Crippen molar-refractivity contribution in [3.05, 3.63) is 54.2 Å². The molecular weight excluding hydrogens is 304 g/mol. The highest BCUT2D eigenvalue weighted by atomic mass is 16.5. The third kappa shape index (κ3) is 2.84. The molecule has 0 aromatic carbocycles. The summed E-state index contributed by atoms with van der Waals surface area (Å²) in [6, 6.07) is 9.35. The topological polar surface area (TPSA) is 55.6 Å². The van der Waals surface area contributed by atoms with Gasteiger partial charge in [-0.3, -0.25) is 9.78 Å². The Morgan fingerprint density at radius 2 is 2.33 bits per heavy atom. The SMILES string of the molecule is O=C(c1ccco1)N1C[C@@H]2CCC[C@]2(COCc2ccccn2)C1. The molecule has 2 aliphatic rings. The summed E-state index contributed by atoms with van der Waals surface area (Å²) in [5.74, 6) is 0.957. The average molecular weight is 326 g/mol. The van der Waals surface area contributed by atoms with Crippen molar-refractivity contribution in [1.29, 1.82) is 0 Å². The maximum absolute atomic E-state index is 12.6. The van der Waals surface area contributed by atoms with Crippen LogP contribution in [0.3, 0.4) is 0 Å². The first-order chi connectivity index (χ1) is 11.8. The molecule has 24 heavy (non-hydrogen) atoms. The average Bonchev–Trinajstić information content (AvgIpc) is 3.31. The predicted molar refractivity (Wildman–Crippen MR) is 88.3 cm³/mol. The van der Waals surface area contributed by atoms with Crippen LogP contribution in [-0.2, 0) is 11.3 Å². The van der Waals surface area contributed by atoms with Gasteiger partial charge in [-0.15, -0.1) is 0 Å². The number of likely N-dealkylation sites (tertiary alicyclic amines) is 1. The summed E-state index contributed by atoms with van der Waals surface area (Å²) in [7, 11) is 0. The summed E-state index contributed by atoms with van der Waals surface area (Å²) in [5, 5.41) is 0. The summed E-state index contributed by atoms with van der Waals surface area (Å²) in [5.41, 5.74) is 1.04. The molecule has 0 N–H and O–H groups in total. The molecule has 1 amide bonds. The van der Waals surface area contributed by atoms with Crippen LogP contribution in [0.4, 0.5) is 0 Å². The normalized spacial score (nSPS) is 25.8. The zero-order valence-electron chi connectivity index (χ0n) is 13.7. The molecule has 0 bridgehead atoms. The van der Waals surface area contributed by atoms with Crippen molar-refractivity contribution in [1.82, 2.24) is 9.88 Å². The largest absolute Gasteiger partial charge is 0.459 e. The summed E-state index contributed by atoms with van der Waals surface area (Å²) in [6.45, 7) is 2.80. The molecule has 1 saturated carbocycles. The van der Waals surface area contributed by atoms with E-state index in [1.807, 2.05) is 23.1 Å². The number of carbonyl (C=O) groups is 1. The summed E-state index contributed by atoms with van der Waals surface area (Å²) >= 11 is 0. The number of amides is 1. The number of pyridine rings is 1. The third-order valence-electron chi connectivity index (χ3n) is 5.42. The lowest BCUT2D eigenvalue weighted by Crippen LogP contribution is -2.34. The van der Waals surface area contributed by atoms with E-state index in [1.54, 1.807) is 24.6 Å². The minimum Gasteiger partial charge on any atom is -0.459 e. The van der Waals surface area contributed by atoms with Gasteiger partial charge in [0.2, 0.25) is 0 Å². The number of aromatic nitrogens is 1. The number of hydrogen-bond acceptors (Lipinski definition) is 4. The van der Waals surface area contributed by atoms with Crippen LogP contribution in [0.2, 0.25) is 0 Å². The summed E-state index contributed by atoms with van der Waals surface area (Å²) < 4.78 is 11.3. The van der Waals surface area contributed by atoms with Crippen molar-refractivity contribution in [2.75, 3.05) is 19.7 Å². The Balaban J connectivity index is 1.40. The maximum atomic E-state index is 12.6. The Hall–Kier alpha value is -2.14. The molecular formula is C19H22N2O3. The molecule has 0 spiro atoms. The van der Waals surface area contributed by atoms with Crippen molar-refractivity contribution < 1.29 is 13.9 Å². The van der Waals surface area contributed by atoms with E-state index in [0.717, 1.165) is 25.2 Å². The van der Waals surface area contributed by atoms with Gasteiger partial charge < -0.3 is 14.1 Å². The number of fused-ring (bicyclic) bond motifs is 1. The first kappa shape index (κ1) is 15.4. The van der Waals surface area contributed by atoms with Gasteiger partial charge in [0.1, 0.15) is 0 Å². The van der Waals surface area contributed by atoms with E-state index in [0.29, 0.717) is 24.9 Å². The molecule has 4 rings (SSSR count). The highest BCUT2D eigenvalue weighted by Crippen LogP contribution is 2.49. The molecule has 2 atom stereocenters. The van der Waals surface area contributed by atoms with Crippen LogP contribution >= 0.6 is 0 Å². The number of carbonyl (C=O) groups excluding carboxylic acids is 1. The molecule has 2 aromatic heterocycles. The van der Waals surface area contributed by atoms with Crippen LogP contribution < -0.4 is 0 Å². The maximum Gasteiger partial charge on any atom is 0.289 e. The Kier molecular flexibility index (Phi) is 4.10. The van der Waals surface area contributed by atoms with Gasteiger partial charge in [0.15, 0.2) is 5.76 Å². The molecule has 5 heteroatoms. The van der Waals surface area contributed by atoms with Gasteiger partial charge >= 0.3 is 0 Å². The van der Waals surface area contributed by atoms with Crippen LogP contribution in [0.5, 0.6) is 0 Å². The van der Waals surface area contributed by atoms with E-state index in [9.17, 15) is 4.79 Å². The van der Waals surface area contributed by atoms with E-state index in [-0.39, 0.29) is 11.3 Å². The molecule has 1 saturated heterocycles. The van der Waals surface area contributed by atoms with E-state index in [2.05, 4.69) is 4.98 Å². The predicted octanol–water partition coefficient (Wildman–Crippen LogP) is 3.13. The fourth-order valence-electron chi connectivity index (χ4n) is 4.20. The number of hydrogen-bond donors (Lipinski definition) is 0. The first-order valence-corrected chi connectivity index (χ1v) is 8.57. The lowest BCUT2D eigenvalue weighted by molar-refractivity contribution is 0.0250. The monoisotopic (exact) mass is 326 g/mol. The first-order valence-electron chi connectivity index (χ1n) is 8.57. The molecule has 1 aliphatic heterocycles. The van der Waals surface area contributed by atoms with Crippen molar-refractivity contribution in [2.45, 2.75) is 25.9 Å². The van der Waals surface area contributed by atoms with Crippen LogP contribution in [-0.4, -0.2) is 35.5 Å². The van der Waals surface area contributed by atoms with Crippen molar-refractivity contribution in [3.63, 3.8) is 0 Å². The number of rotatable bonds is 5. The van der Waals surface area contributed by atoms with E-state index >= 15 is 0 Å². The van der Waals surface area contributed by atoms with E-state index < -0.39 is 0 Å². The number of ether oxygens (including phenoxy) is 1. The Morgan fingerprint density at radius 1 is 1.38 bits per heavy atom. The Labute approximate surface area is 141 Å².